The van der Waals surface area contributed by atoms with E-state index >= 15 is 0 Å². The minimum absolute atomic E-state index is 0.0137. The molecule has 0 aliphatic carbocycles. The SMILES string of the molecule is N=C(N)N1Cc2c(-c3cc(-c4cc(C(F)(F)F)cc(C(F)(F)F)c4)cc(-c4cc(C(F)(F)F)cc(C(F)(F)F)c4)c3)cc3ccccc3c2-c2c(c(-c3cc(-c4cc(C(F)(F)F)cc(C(F)(F)F)c4)cc(-c4cc(C(F)(F)F)cc(C(F)(F)F)c4)c3)cc3ccccc23)C1. The largest absolute Gasteiger partial charge is 0.416 e. The fourth-order valence-corrected chi connectivity index (χ4v) is 11.5. The summed E-state index contributed by atoms with van der Waals surface area (Å²) in [5, 5.41) is 9.89. The molecule has 10 aromatic rings. The molecule has 0 fully saturated rings. The van der Waals surface area contributed by atoms with Gasteiger partial charge in [-0.05, 0) is 232 Å². The Morgan fingerprint density at radius 2 is 0.479 bits per heavy atom. The molecule has 10 aromatic carbocycles. The molecule has 3 N–H and O–H groups in total. The smallest absolute Gasteiger partial charge is 0.370 e. The quantitative estimate of drug-likeness (QED) is 0.0990. The highest BCUT2D eigenvalue weighted by molar-refractivity contribution is 6.12. The highest BCUT2D eigenvalue weighted by Crippen LogP contribution is 2.52. The van der Waals surface area contributed by atoms with Gasteiger partial charge in [-0.1, -0.05) is 48.5 Å². The van der Waals surface area contributed by atoms with E-state index in [0.29, 0.717) is 0 Å². The first kappa shape index (κ1) is 65.8. The molecule has 3 nitrogen and oxygen atoms in total. The first-order valence-electron chi connectivity index (χ1n) is 27.1. The van der Waals surface area contributed by atoms with Gasteiger partial charge in [0.15, 0.2) is 5.96 Å². The molecule has 1 heterocycles. The third-order valence-corrected chi connectivity index (χ3v) is 15.8. The molecule has 0 radical (unpaired) electrons. The molecular formula is C67H35F24N3. The van der Waals surface area contributed by atoms with Crippen molar-refractivity contribution in [1.82, 2.24) is 4.90 Å². The second-order valence-electron chi connectivity index (χ2n) is 22.0. The Morgan fingerprint density at radius 1 is 0.277 bits per heavy atom. The molecule has 11 rings (SSSR count). The summed E-state index contributed by atoms with van der Waals surface area (Å²) < 4.78 is 349. The number of halogens is 24. The number of hydrogen-bond donors (Lipinski definition) is 2. The predicted molar refractivity (Wildman–Crippen MR) is 301 cm³/mol. The number of nitrogens with zero attached hydrogens (tertiary/aromatic N) is 1. The minimum atomic E-state index is -5.49. The Labute approximate surface area is 513 Å². The zero-order valence-electron chi connectivity index (χ0n) is 46.7. The molecule has 94 heavy (non-hydrogen) atoms. The molecule has 0 unspecified atom stereocenters. The summed E-state index contributed by atoms with van der Waals surface area (Å²) in [5.41, 5.74) is -15.4. The number of fused-ring (bicyclic) bond motifs is 7. The Bertz CT molecular complexity index is 4100. The number of hydrogen-bond acceptors (Lipinski definition) is 1. The third-order valence-electron chi connectivity index (χ3n) is 15.8. The van der Waals surface area contributed by atoms with Crippen LogP contribution in [0, 0.1) is 5.41 Å². The van der Waals surface area contributed by atoms with Gasteiger partial charge in [-0.3, -0.25) is 5.41 Å². The Hall–Kier alpha value is -9.69. The van der Waals surface area contributed by atoms with Gasteiger partial charge in [0.2, 0.25) is 0 Å². The van der Waals surface area contributed by atoms with Gasteiger partial charge in [0, 0.05) is 13.1 Å². The highest BCUT2D eigenvalue weighted by atomic mass is 19.4. The van der Waals surface area contributed by atoms with Gasteiger partial charge in [-0.2, -0.15) is 105 Å². The molecule has 0 saturated heterocycles. The maximum atomic E-state index is 14.5. The second-order valence-corrected chi connectivity index (χ2v) is 22.0. The molecule has 0 spiro atoms. The van der Waals surface area contributed by atoms with Crippen molar-refractivity contribution in [2.75, 3.05) is 0 Å². The lowest BCUT2D eigenvalue weighted by Gasteiger charge is -2.24. The van der Waals surface area contributed by atoms with Crippen molar-refractivity contribution in [2.45, 2.75) is 62.5 Å². The summed E-state index contributed by atoms with van der Waals surface area (Å²) in [6.07, 6.45) is -43.9. The molecule has 1 aliphatic rings. The van der Waals surface area contributed by atoms with Crippen molar-refractivity contribution in [3.8, 4) is 77.9 Å². The molecule has 0 bridgehead atoms. The fraction of sp³-hybridized carbons (Fsp3) is 0.149. The molecule has 0 aromatic heterocycles. The maximum Gasteiger partial charge on any atom is 0.416 e. The summed E-state index contributed by atoms with van der Waals surface area (Å²) in [6, 6.07) is 21.6. The topological polar surface area (TPSA) is 53.1 Å². The van der Waals surface area contributed by atoms with Crippen LogP contribution in [0.2, 0.25) is 0 Å². The summed E-state index contributed by atoms with van der Waals surface area (Å²) in [5.74, 6) is -0.805. The van der Waals surface area contributed by atoms with Crippen LogP contribution in [0.3, 0.4) is 0 Å². The van der Waals surface area contributed by atoms with Gasteiger partial charge < -0.3 is 10.6 Å². The van der Waals surface area contributed by atoms with Gasteiger partial charge in [-0.15, -0.1) is 0 Å². The molecule has 486 valence electrons. The van der Waals surface area contributed by atoms with Crippen LogP contribution in [0.15, 0.2) is 170 Å². The van der Waals surface area contributed by atoms with Gasteiger partial charge in [-0.25, -0.2) is 0 Å². The average molecular weight is 1340 g/mol. The van der Waals surface area contributed by atoms with Crippen LogP contribution < -0.4 is 5.73 Å². The summed E-state index contributed by atoms with van der Waals surface area (Å²) >= 11 is 0. The van der Waals surface area contributed by atoms with Crippen molar-refractivity contribution in [3.05, 3.63) is 225 Å². The van der Waals surface area contributed by atoms with E-state index in [9.17, 15) is 105 Å². The van der Waals surface area contributed by atoms with E-state index < -0.39 is 157 Å². The van der Waals surface area contributed by atoms with Crippen molar-refractivity contribution >= 4 is 27.5 Å². The van der Waals surface area contributed by atoms with Gasteiger partial charge in [0.1, 0.15) is 0 Å². The van der Waals surface area contributed by atoms with E-state index in [4.69, 9.17) is 11.1 Å². The van der Waals surface area contributed by atoms with Crippen molar-refractivity contribution in [1.29, 1.82) is 5.41 Å². The molecule has 0 saturated carbocycles. The Balaban J connectivity index is 1.28. The van der Waals surface area contributed by atoms with Crippen LogP contribution in [0.5, 0.6) is 0 Å². The number of nitrogens with one attached hydrogen (secondary N) is 1. The number of nitrogens with two attached hydrogens (primary N) is 1. The van der Waals surface area contributed by atoms with E-state index in [1.807, 2.05) is 0 Å². The summed E-state index contributed by atoms with van der Waals surface area (Å²) in [7, 11) is 0. The van der Waals surface area contributed by atoms with Gasteiger partial charge in [0.25, 0.3) is 0 Å². The summed E-state index contributed by atoms with van der Waals surface area (Å²) in [6.45, 7) is -1.17. The number of rotatable bonds is 6. The summed E-state index contributed by atoms with van der Waals surface area (Å²) in [4.78, 5) is 1.13. The number of benzene rings is 10. The van der Waals surface area contributed by atoms with Gasteiger partial charge >= 0.3 is 49.4 Å². The lowest BCUT2D eigenvalue weighted by Crippen LogP contribution is -2.35. The Kier molecular flexibility index (Phi) is 15.8. The monoisotopic (exact) mass is 1340 g/mol. The van der Waals surface area contributed by atoms with Gasteiger partial charge in [0.05, 0.1) is 44.5 Å². The first-order chi connectivity index (χ1) is 43.4. The zero-order chi connectivity index (χ0) is 68.5. The van der Waals surface area contributed by atoms with Crippen LogP contribution in [-0.4, -0.2) is 10.9 Å². The molecule has 27 heteroatoms. The highest BCUT2D eigenvalue weighted by Gasteiger charge is 2.42. The maximum absolute atomic E-state index is 14.5. The van der Waals surface area contributed by atoms with Crippen LogP contribution in [0.4, 0.5) is 105 Å². The standard InChI is InChI=1S/C67H35F24N3/c68-60(69,70)43-15-37(16-44(25-43)61(71,72)73)33-9-34(38-17-45(62(74,75)76)26-46(18-38)63(77,78)79)12-41(11-33)53-23-31-5-1-3-7-51(31)57-55(53)29-94(59(92)93)30-56-54(24-32-6-2-4-8-52(32)58(56)57)42-13-35(39-19-47(64(80,81)82)27-48(20-39)65(83,84)85)10-36(14-42)40-21-49(66(86,87)88)28-50(22-40)67(89,90)91/h1-28H,29-30H2,(H3,92,93). The molecule has 1 aliphatic heterocycles. The van der Waals surface area contributed by atoms with Crippen LogP contribution in [-0.2, 0) is 62.5 Å². The first-order valence-corrected chi connectivity index (χ1v) is 27.1. The van der Waals surface area contributed by atoms with Crippen molar-refractivity contribution < 1.29 is 105 Å². The number of guanidine groups is 1. The van der Waals surface area contributed by atoms with Crippen LogP contribution in [0.1, 0.15) is 55.6 Å². The van der Waals surface area contributed by atoms with Crippen molar-refractivity contribution in [2.24, 2.45) is 5.73 Å². The number of alkyl halides is 24. The normalized spacial score (nSPS) is 13.7. The predicted octanol–water partition coefficient (Wildman–Crippen LogP) is 23.0. The molecule has 0 atom stereocenters. The minimum Gasteiger partial charge on any atom is -0.370 e. The van der Waals surface area contributed by atoms with E-state index in [-0.39, 0.29) is 139 Å². The van der Waals surface area contributed by atoms with E-state index in [1.54, 1.807) is 0 Å². The van der Waals surface area contributed by atoms with E-state index in [0.717, 1.165) is 41.3 Å². The average Bonchev–Trinajstić information content (AvgIpc) is 1.30. The second kappa shape index (κ2) is 22.5. The lowest BCUT2D eigenvalue weighted by atomic mass is 9.81. The fourth-order valence-electron chi connectivity index (χ4n) is 11.5. The van der Waals surface area contributed by atoms with E-state index in [2.05, 4.69) is 0 Å². The lowest BCUT2D eigenvalue weighted by molar-refractivity contribution is -0.144. The van der Waals surface area contributed by atoms with Crippen LogP contribution in [0.25, 0.3) is 99.4 Å². The van der Waals surface area contributed by atoms with Crippen LogP contribution >= 0.6 is 0 Å². The van der Waals surface area contributed by atoms with Crippen molar-refractivity contribution in [3.63, 3.8) is 0 Å². The van der Waals surface area contributed by atoms with E-state index in [1.165, 1.54) is 60.7 Å². The molecular weight excluding hydrogens is 1300 g/mol. The molecule has 0 amide bonds. The Morgan fingerprint density at radius 3 is 0.691 bits per heavy atom. The zero-order valence-corrected chi connectivity index (χ0v) is 46.7. The third kappa shape index (κ3) is 13.0.